The molecule has 1 aromatic rings. The van der Waals surface area contributed by atoms with Gasteiger partial charge in [-0.3, -0.25) is 14.5 Å². The molecule has 162 valence electrons. The minimum absolute atomic E-state index is 0.0171. The number of halogens is 2. The number of carbonyl (C=O) groups excluding carboxylic acids is 3. The lowest BCUT2D eigenvalue weighted by molar-refractivity contribution is -0.146. The van der Waals surface area contributed by atoms with Gasteiger partial charge in [-0.25, -0.2) is 13.6 Å². The molecule has 1 atom stereocenters. The Morgan fingerprint density at radius 3 is 2.40 bits per heavy atom. The predicted octanol–water partition coefficient (Wildman–Crippen LogP) is 1.06. The van der Waals surface area contributed by atoms with Crippen molar-refractivity contribution >= 4 is 23.5 Å². The summed E-state index contributed by atoms with van der Waals surface area (Å²) in [6, 6.07) is 2.87. The van der Waals surface area contributed by atoms with Gasteiger partial charge in [-0.1, -0.05) is 0 Å². The van der Waals surface area contributed by atoms with Crippen LogP contribution in [0.5, 0.6) is 0 Å². The highest BCUT2D eigenvalue weighted by Crippen LogP contribution is 2.23. The number of benzene rings is 1. The summed E-state index contributed by atoms with van der Waals surface area (Å²) in [6.07, 6.45) is 1.26. The maximum Gasteiger partial charge on any atom is 0.325 e. The lowest BCUT2D eigenvalue weighted by Gasteiger charge is -2.36. The molecule has 0 spiro atoms. The zero-order valence-corrected chi connectivity index (χ0v) is 16.6. The average Bonchev–Trinajstić information content (AvgIpc) is 3.41. The Bertz CT molecular complexity index is 838. The van der Waals surface area contributed by atoms with Gasteiger partial charge in [-0.05, 0) is 25.0 Å². The van der Waals surface area contributed by atoms with Crippen LogP contribution in [0.15, 0.2) is 18.2 Å². The Morgan fingerprint density at radius 2 is 1.73 bits per heavy atom. The number of rotatable bonds is 4. The third-order valence-electron chi connectivity index (χ3n) is 5.79. The Labute approximate surface area is 172 Å². The molecule has 4 rings (SSSR count). The summed E-state index contributed by atoms with van der Waals surface area (Å²) in [6.45, 7) is 2.85. The molecule has 0 radical (unpaired) electrons. The van der Waals surface area contributed by atoms with Crippen LogP contribution in [0.25, 0.3) is 0 Å². The van der Waals surface area contributed by atoms with Crippen molar-refractivity contribution < 1.29 is 27.9 Å². The van der Waals surface area contributed by atoms with Crippen molar-refractivity contribution in [1.82, 2.24) is 14.7 Å². The van der Waals surface area contributed by atoms with Crippen LogP contribution in [0.2, 0.25) is 0 Å². The molecular formula is C20H24F2N4O4. The molecule has 0 aromatic heterocycles. The lowest BCUT2D eigenvalue weighted by atomic mass is 10.2. The molecule has 8 nitrogen and oxygen atoms in total. The van der Waals surface area contributed by atoms with Gasteiger partial charge in [0.25, 0.3) is 5.91 Å². The quantitative estimate of drug-likeness (QED) is 0.727. The summed E-state index contributed by atoms with van der Waals surface area (Å²) >= 11 is 0. The van der Waals surface area contributed by atoms with Gasteiger partial charge in [0, 0.05) is 57.6 Å². The summed E-state index contributed by atoms with van der Waals surface area (Å²) < 4.78 is 32.0. The normalized spacial score (nSPS) is 22.2. The highest BCUT2D eigenvalue weighted by Gasteiger charge is 2.34. The number of anilines is 1. The lowest BCUT2D eigenvalue weighted by Crippen LogP contribution is -2.54. The van der Waals surface area contributed by atoms with Crippen LogP contribution in [-0.4, -0.2) is 91.1 Å². The van der Waals surface area contributed by atoms with E-state index in [9.17, 15) is 23.2 Å². The van der Waals surface area contributed by atoms with Crippen LogP contribution in [0.3, 0.4) is 0 Å². The predicted molar refractivity (Wildman–Crippen MR) is 103 cm³/mol. The highest BCUT2D eigenvalue weighted by atomic mass is 19.2. The Hall–Kier alpha value is -2.75. The second kappa shape index (κ2) is 8.55. The number of nitrogens with zero attached hydrogens (tertiary/aromatic N) is 4. The molecule has 3 heterocycles. The smallest absolute Gasteiger partial charge is 0.325 e. The van der Waals surface area contributed by atoms with Crippen LogP contribution in [-0.2, 0) is 14.3 Å². The molecule has 0 aliphatic carbocycles. The van der Waals surface area contributed by atoms with Crippen molar-refractivity contribution in [3.05, 3.63) is 29.8 Å². The number of amides is 4. The molecular weight excluding hydrogens is 398 g/mol. The number of ether oxygens (including phenoxy) is 1. The Balaban J connectivity index is 1.29. The topological polar surface area (TPSA) is 73.4 Å². The molecule has 10 heteroatoms. The number of urea groups is 1. The van der Waals surface area contributed by atoms with Gasteiger partial charge in [0.1, 0.15) is 12.6 Å². The Kier molecular flexibility index (Phi) is 5.85. The van der Waals surface area contributed by atoms with Crippen molar-refractivity contribution in [3.63, 3.8) is 0 Å². The SMILES string of the molecule is O=C(CN1CCN(c2ccc(F)c(F)c2)C1=O)N1CCN(C(=O)C2CCCO2)CC1. The maximum absolute atomic E-state index is 13.5. The number of piperazine rings is 1. The Morgan fingerprint density at radius 1 is 1.00 bits per heavy atom. The van der Waals surface area contributed by atoms with E-state index in [0.717, 1.165) is 25.0 Å². The van der Waals surface area contributed by atoms with E-state index in [2.05, 4.69) is 0 Å². The molecule has 1 unspecified atom stereocenters. The van der Waals surface area contributed by atoms with E-state index in [1.807, 2.05) is 0 Å². The first-order valence-corrected chi connectivity index (χ1v) is 10.1. The molecule has 30 heavy (non-hydrogen) atoms. The molecule has 0 saturated carbocycles. The van der Waals surface area contributed by atoms with Gasteiger partial charge in [0.05, 0.1) is 0 Å². The standard InChI is InChI=1S/C20H24F2N4O4/c21-15-4-3-14(12-16(15)22)26-10-9-25(20(26)29)13-18(27)23-5-7-24(8-6-23)19(28)17-2-1-11-30-17/h3-4,12,17H,1-2,5-11,13H2. The van der Waals surface area contributed by atoms with Gasteiger partial charge < -0.3 is 19.4 Å². The summed E-state index contributed by atoms with van der Waals surface area (Å²) in [7, 11) is 0. The fourth-order valence-electron chi connectivity index (χ4n) is 4.04. The van der Waals surface area contributed by atoms with Crippen molar-refractivity contribution in [2.24, 2.45) is 0 Å². The minimum Gasteiger partial charge on any atom is -0.368 e. The van der Waals surface area contributed by atoms with E-state index < -0.39 is 17.7 Å². The fraction of sp³-hybridized carbons (Fsp3) is 0.550. The minimum atomic E-state index is -1.02. The van der Waals surface area contributed by atoms with Gasteiger partial charge in [-0.2, -0.15) is 0 Å². The van der Waals surface area contributed by atoms with E-state index in [-0.39, 0.29) is 30.2 Å². The molecule has 3 aliphatic rings. The van der Waals surface area contributed by atoms with Crippen LogP contribution < -0.4 is 4.90 Å². The average molecular weight is 422 g/mol. The summed E-state index contributed by atoms with van der Waals surface area (Å²) in [4.78, 5) is 43.8. The first-order valence-electron chi connectivity index (χ1n) is 10.1. The number of carbonyl (C=O) groups is 3. The third-order valence-corrected chi connectivity index (χ3v) is 5.79. The molecule has 3 saturated heterocycles. The van der Waals surface area contributed by atoms with Crippen molar-refractivity contribution in [1.29, 1.82) is 0 Å². The largest absolute Gasteiger partial charge is 0.368 e. The van der Waals surface area contributed by atoms with Gasteiger partial charge in [0.15, 0.2) is 11.6 Å². The van der Waals surface area contributed by atoms with Crippen LogP contribution in [0.4, 0.5) is 19.3 Å². The van der Waals surface area contributed by atoms with Crippen LogP contribution in [0.1, 0.15) is 12.8 Å². The molecule has 3 aliphatic heterocycles. The van der Waals surface area contributed by atoms with Gasteiger partial charge in [-0.15, -0.1) is 0 Å². The molecule has 4 amide bonds. The molecule has 1 aromatic carbocycles. The van der Waals surface area contributed by atoms with E-state index in [1.165, 1.54) is 15.9 Å². The second-order valence-corrected chi connectivity index (χ2v) is 7.66. The second-order valence-electron chi connectivity index (χ2n) is 7.66. The number of hydrogen-bond acceptors (Lipinski definition) is 4. The summed E-state index contributed by atoms with van der Waals surface area (Å²) in [5.74, 6) is -2.21. The van der Waals surface area contributed by atoms with E-state index in [0.29, 0.717) is 45.9 Å². The van der Waals surface area contributed by atoms with Crippen molar-refractivity contribution in [2.75, 3.05) is 57.3 Å². The van der Waals surface area contributed by atoms with E-state index >= 15 is 0 Å². The molecule has 0 N–H and O–H groups in total. The third kappa shape index (κ3) is 4.09. The molecule has 3 fully saturated rings. The van der Waals surface area contributed by atoms with Gasteiger partial charge in [0.2, 0.25) is 5.91 Å². The number of hydrogen-bond donors (Lipinski definition) is 0. The fourth-order valence-corrected chi connectivity index (χ4v) is 4.04. The van der Waals surface area contributed by atoms with E-state index in [1.54, 1.807) is 9.80 Å². The van der Waals surface area contributed by atoms with Crippen LogP contribution >= 0.6 is 0 Å². The van der Waals surface area contributed by atoms with Crippen molar-refractivity contribution in [3.8, 4) is 0 Å². The van der Waals surface area contributed by atoms with E-state index in [4.69, 9.17) is 4.74 Å². The monoisotopic (exact) mass is 422 g/mol. The summed E-state index contributed by atoms with van der Waals surface area (Å²) in [5.41, 5.74) is 0.259. The molecule has 0 bridgehead atoms. The summed E-state index contributed by atoms with van der Waals surface area (Å²) in [5, 5.41) is 0. The highest BCUT2D eigenvalue weighted by molar-refractivity contribution is 5.96. The zero-order chi connectivity index (χ0) is 21.3. The zero-order valence-electron chi connectivity index (χ0n) is 16.6. The first-order chi connectivity index (χ1) is 14.4. The van der Waals surface area contributed by atoms with Crippen LogP contribution in [0, 0.1) is 11.6 Å². The van der Waals surface area contributed by atoms with Gasteiger partial charge >= 0.3 is 6.03 Å². The maximum atomic E-state index is 13.5. The first kappa shape index (κ1) is 20.5. The van der Waals surface area contributed by atoms with Crippen molar-refractivity contribution in [2.45, 2.75) is 18.9 Å².